The van der Waals surface area contributed by atoms with Crippen LogP contribution in [0.5, 0.6) is 0 Å². The molecule has 2 heterocycles. The van der Waals surface area contributed by atoms with Gasteiger partial charge in [-0.15, -0.1) is 0 Å². The van der Waals surface area contributed by atoms with Crippen LogP contribution in [0.2, 0.25) is 5.02 Å². The van der Waals surface area contributed by atoms with Crippen molar-refractivity contribution < 1.29 is 8.42 Å². The lowest BCUT2D eigenvalue weighted by molar-refractivity contribution is 0.221. The lowest BCUT2D eigenvalue weighted by Crippen LogP contribution is -2.36. The Labute approximate surface area is 224 Å². The zero-order valence-electron chi connectivity index (χ0n) is 21.4. The summed E-state index contributed by atoms with van der Waals surface area (Å²) < 4.78 is 28.0. The van der Waals surface area contributed by atoms with Gasteiger partial charge in [0.05, 0.1) is 5.02 Å². The van der Waals surface area contributed by atoms with Crippen molar-refractivity contribution in [1.29, 1.82) is 0 Å². The summed E-state index contributed by atoms with van der Waals surface area (Å²) in [5, 5.41) is 3.62. The van der Waals surface area contributed by atoms with Crippen LogP contribution in [-0.2, 0) is 16.4 Å². The Morgan fingerprint density at radius 2 is 1.73 bits per heavy atom. The molecule has 4 rings (SSSR count). The molecule has 0 saturated heterocycles. The van der Waals surface area contributed by atoms with Gasteiger partial charge in [-0.2, -0.15) is 0 Å². The van der Waals surface area contributed by atoms with Crippen molar-refractivity contribution in [2.24, 2.45) is 0 Å². The predicted molar refractivity (Wildman–Crippen MR) is 150 cm³/mol. The summed E-state index contributed by atoms with van der Waals surface area (Å²) in [5.74, 6) is 0.892. The number of hydrogen-bond donors (Lipinski definition) is 2. The second-order valence-corrected chi connectivity index (χ2v) is 11.5. The molecule has 0 unspecified atom stereocenters. The molecule has 8 nitrogen and oxygen atoms in total. The number of aryl methyl sites for hydroxylation is 1. The van der Waals surface area contributed by atoms with Gasteiger partial charge in [0.15, 0.2) is 0 Å². The molecule has 3 aromatic rings. The quantitative estimate of drug-likeness (QED) is 0.377. The third kappa shape index (κ3) is 7.06. The highest BCUT2D eigenvalue weighted by atomic mass is 35.5. The fraction of sp³-hybridized carbons (Fsp3) is 0.370. The Balaban J connectivity index is 1.39. The third-order valence-corrected chi connectivity index (χ3v) is 8.45. The summed E-state index contributed by atoms with van der Waals surface area (Å²) in [6.45, 7) is 1.97. The van der Waals surface area contributed by atoms with E-state index in [0.717, 1.165) is 29.7 Å². The molecule has 1 aliphatic rings. The van der Waals surface area contributed by atoms with Crippen LogP contribution in [0, 0.1) is 0 Å². The smallest absolute Gasteiger partial charge is 0.264 e. The first kappa shape index (κ1) is 27.0. The van der Waals surface area contributed by atoms with Gasteiger partial charge in [-0.25, -0.2) is 23.4 Å². The highest BCUT2D eigenvalue weighted by Gasteiger charge is 2.22. The topological polar surface area (TPSA) is 100 Å². The summed E-state index contributed by atoms with van der Waals surface area (Å²) in [4.78, 5) is 15.8. The highest BCUT2D eigenvalue weighted by Crippen LogP contribution is 2.25. The first-order valence-electron chi connectivity index (χ1n) is 12.5. The zero-order chi connectivity index (χ0) is 26.4. The molecule has 2 N–H and O–H groups in total. The van der Waals surface area contributed by atoms with E-state index in [0.29, 0.717) is 24.5 Å². The maximum absolute atomic E-state index is 12.7. The molecule has 10 heteroatoms. The third-order valence-electron chi connectivity index (χ3n) is 6.60. The van der Waals surface area contributed by atoms with Gasteiger partial charge in [0, 0.05) is 35.7 Å². The molecule has 0 bridgehead atoms. The first-order chi connectivity index (χ1) is 17.7. The Kier molecular flexibility index (Phi) is 8.79. The van der Waals surface area contributed by atoms with E-state index in [1.54, 1.807) is 30.6 Å². The van der Waals surface area contributed by atoms with Crippen LogP contribution < -0.4 is 10.0 Å². The predicted octanol–water partition coefficient (Wildman–Crippen LogP) is 5.34. The largest absolute Gasteiger partial charge is 0.351 e. The summed E-state index contributed by atoms with van der Waals surface area (Å²) in [6, 6.07) is 10.9. The van der Waals surface area contributed by atoms with E-state index in [9.17, 15) is 8.42 Å². The molecular formula is C27H33ClN6O2S. The number of nitrogens with one attached hydrogen (secondary N) is 2. The average Bonchev–Trinajstić information content (AvgIpc) is 2.89. The first-order valence-corrected chi connectivity index (χ1v) is 14.3. The normalized spacial score (nSPS) is 18.3. The van der Waals surface area contributed by atoms with Crippen LogP contribution in [0.1, 0.15) is 49.4 Å². The maximum Gasteiger partial charge on any atom is 0.264 e. The number of anilines is 2. The Hall–Kier alpha value is -3.01. The molecule has 1 fully saturated rings. The number of sulfonamides is 1. The molecular weight excluding hydrogens is 508 g/mol. The second-order valence-electron chi connectivity index (χ2n) is 9.41. The molecule has 0 aliphatic heterocycles. The van der Waals surface area contributed by atoms with E-state index < -0.39 is 10.0 Å². The van der Waals surface area contributed by atoms with Gasteiger partial charge < -0.3 is 10.2 Å². The molecule has 1 saturated carbocycles. The van der Waals surface area contributed by atoms with E-state index >= 15 is 0 Å². The van der Waals surface area contributed by atoms with Gasteiger partial charge in [0.2, 0.25) is 5.95 Å². The Morgan fingerprint density at radius 1 is 1.03 bits per heavy atom. The molecule has 196 valence electrons. The van der Waals surface area contributed by atoms with Crippen molar-refractivity contribution in [3.63, 3.8) is 0 Å². The van der Waals surface area contributed by atoms with Crippen LogP contribution >= 0.6 is 11.6 Å². The molecule has 2 aromatic heterocycles. The number of nitrogens with zero attached hydrogens (tertiary/aromatic N) is 4. The number of rotatable bonds is 9. The lowest BCUT2D eigenvalue weighted by Gasteiger charge is -2.32. The summed E-state index contributed by atoms with van der Waals surface area (Å²) in [6.07, 6.45) is 12.7. The van der Waals surface area contributed by atoms with Crippen molar-refractivity contribution in [3.8, 4) is 0 Å². The van der Waals surface area contributed by atoms with E-state index in [1.807, 2.05) is 25.1 Å². The number of aromatic nitrogens is 3. The average molecular weight is 541 g/mol. The second kappa shape index (κ2) is 12.0. The van der Waals surface area contributed by atoms with Crippen molar-refractivity contribution >= 4 is 45.5 Å². The minimum Gasteiger partial charge on any atom is -0.351 e. The fourth-order valence-electron chi connectivity index (χ4n) is 4.46. The van der Waals surface area contributed by atoms with Gasteiger partial charge in [-0.3, -0.25) is 4.72 Å². The van der Waals surface area contributed by atoms with Crippen molar-refractivity contribution in [3.05, 3.63) is 70.6 Å². The molecule has 0 radical (unpaired) electrons. The van der Waals surface area contributed by atoms with E-state index in [1.165, 1.54) is 25.0 Å². The fourth-order valence-corrected chi connectivity index (χ4v) is 5.98. The van der Waals surface area contributed by atoms with Crippen molar-refractivity contribution in [2.45, 2.75) is 56.0 Å². The van der Waals surface area contributed by atoms with Crippen LogP contribution in [0.25, 0.3) is 12.2 Å². The van der Waals surface area contributed by atoms with Crippen LogP contribution in [-0.4, -0.2) is 54.4 Å². The molecule has 1 aliphatic carbocycles. The van der Waals surface area contributed by atoms with Gasteiger partial charge in [-0.1, -0.05) is 42.8 Å². The molecule has 0 atom stereocenters. The van der Waals surface area contributed by atoms with Gasteiger partial charge in [-0.05, 0) is 76.0 Å². The van der Waals surface area contributed by atoms with E-state index in [2.05, 4.69) is 44.0 Å². The number of pyridine rings is 1. The molecule has 0 spiro atoms. The van der Waals surface area contributed by atoms with Crippen molar-refractivity contribution in [2.75, 3.05) is 24.1 Å². The van der Waals surface area contributed by atoms with Gasteiger partial charge >= 0.3 is 0 Å². The Bertz CT molecular complexity index is 1340. The van der Waals surface area contributed by atoms with Crippen LogP contribution in [0.3, 0.4) is 0 Å². The standard InChI is InChI=1S/C27H33ClN6O2S/c1-4-24-20(11-16-26(32-24)33-37(35,36)25-8-6-5-7-23(25)28)10-9-19-17-29-27(30-18-19)31-21-12-14-22(15-13-21)34(2)3/h5-11,16-18,21-22H,4,12-15H2,1-3H3,(H,32,33)(H,29,30,31)/b10-9+. The van der Waals surface area contributed by atoms with Crippen LogP contribution in [0.4, 0.5) is 11.8 Å². The van der Waals surface area contributed by atoms with Gasteiger partial charge in [0.1, 0.15) is 10.7 Å². The summed E-state index contributed by atoms with van der Waals surface area (Å²) in [7, 11) is 0.443. The van der Waals surface area contributed by atoms with E-state index in [-0.39, 0.29) is 15.7 Å². The summed E-state index contributed by atoms with van der Waals surface area (Å²) >= 11 is 6.07. The van der Waals surface area contributed by atoms with Gasteiger partial charge in [0.25, 0.3) is 10.0 Å². The SMILES string of the molecule is CCc1nc(NS(=O)(=O)c2ccccc2Cl)ccc1/C=C/c1cnc(NC2CCC(N(C)C)CC2)nc1. The van der Waals surface area contributed by atoms with Crippen LogP contribution in [0.15, 0.2) is 53.7 Å². The van der Waals surface area contributed by atoms with E-state index in [4.69, 9.17) is 11.6 Å². The number of halogens is 1. The molecule has 1 aromatic carbocycles. The number of benzene rings is 1. The summed E-state index contributed by atoms with van der Waals surface area (Å²) in [5.41, 5.74) is 2.53. The monoisotopic (exact) mass is 540 g/mol. The molecule has 37 heavy (non-hydrogen) atoms. The maximum atomic E-state index is 12.7. The molecule has 0 amide bonds. The minimum absolute atomic E-state index is 0.0136. The minimum atomic E-state index is -3.85. The lowest BCUT2D eigenvalue weighted by atomic mass is 9.91. The highest BCUT2D eigenvalue weighted by molar-refractivity contribution is 7.92. The zero-order valence-corrected chi connectivity index (χ0v) is 22.9. The Morgan fingerprint density at radius 3 is 2.38 bits per heavy atom. The van der Waals surface area contributed by atoms with Crippen molar-refractivity contribution in [1.82, 2.24) is 19.9 Å². The number of hydrogen-bond acceptors (Lipinski definition) is 7.